The van der Waals surface area contributed by atoms with Crippen molar-refractivity contribution in [2.45, 2.75) is 19.9 Å². The maximum Gasteiger partial charge on any atom is 0.264 e. The van der Waals surface area contributed by atoms with Gasteiger partial charge >= 0.3 is 0 Å². The molecule has 0 amide bonds. The highest BCUT2D eigenvalue weighted by Crippen LogP contribution is 2.27. The maximum absolute atomic E-state index is 12.7. The summed E-state index contributed by atoms with van der Waals surface area (Å²) in [7, 11) is 1.71. The summed E-state index contributed by atoms with van der Waals surface area (Å²) >= 11 is 0. The van der Waals surface area contributed by atoms with Crippen molar-refractivity contribution in [3.63, 3.8) is 0 Å². The van der Waals surface area contributed by atoms with Gasteiger partial charge in [0.2, 0.25) is 0 Å². The lowest BCUT2D eigenvalue weighted by Crippen LogP contribution is -2.25. The topological polar surface area (TPSA) is 66.6 Å². The van der Waals surface area contributed by atoms with E-state index in [0.29, 0.717) is 23.2 Å². The van der Waals surface area contributed by atoms with Crippen LogP contribution in [0.1, 0.15) is 19.4 Å². The van der Waals surface area contributed by atoms with E-state index in [-0.39, 0.29) is 22.9 Å². The number of allylic oxidation sites excluding steroid dienone is 2. The average Bonchev–Trinajstić information content (AvgIpc) is 2.66. The van der Waals surface area contributed by atoms with Crippen molar-refractivity contribution >= 4 is 16.6 Å². The molecule has 114 valence electrons. The lowest BCUT2D eigenvalue weighted by molar-refractivity contribution is 0.478. The molecule has 2 N–H and O–H groups in total. The van der Waals surface area contributed by atoms with Gasteiger partial charge in [-0.25, -0.2) is 0 Å². The third kappa shape index (κ3) is 2.28. The van der Waals surface area contributed by atoms with Crippen molar-refractivity contribution in [1.29, 1.82) is 0 Å². The number of rotatable bonds is 1. The number of benzene rings is 1. The van der Waals surface area contributed by atoms with E-state index in [4.69, 9.17) is 0 Å². The number of para-hydroxylation sites is 1. The molecule has 5 heteroatoms. The molecule has 22 heavy (non-hydrogen) atoms. The third-order valence-electron chi connectivity index (χ3n) is 3.92. The van der Waals surface area contributed by atoms with Crippen LogP contribution in [0.25, 0.3) is 10.9 Å². The van der Waals surface area contributed by atoms with E-state index in [1.54, 1.807) is 11.6 Å². The van der Waals surface area contributed by atoms with Crippen molar-refractivity contribution in [2.75, 3.05) is 6.54 Å². The van der Waals surface area contributed by atoms with Crippen LogP contribution < -0.4 is 10.9 Å². The normalized spacial score (nSPS) is 18.4. The Morgan fingerprint density at radius 2 is 2.09 bits per heavy atom. The minimum absolute atomic E-state index is 0.00407. The van der Waals surface area contributed by atoms with Crippen LogP contribution in [0.3, 0.4) is 0 Å². The van der Waals surface area contributed by atoms with Gasteiger partial charge in [-0.3, -0.25) is 9.79 Å². The summed E-state index contributed by atoms with van der Waals surface area (Å²) < 4.78 is 1.55. The van der Waals surface area contributed by atoms with Crippen LogP contribution in [0.2, 0.25) is 0 Å². The minimum atomic E-state index is -0.242. The molecule has 0 radical (unpaired) electrons. The fourth-order valence-corrected chi connectivity index (χ4v) is 2.73. The van der Waals surface area contributed by atoms with Crippen LogP contribution in [0.15, 0.2) is 45.8 Å². The van der Waals surface area contributed by atoms with Gasteiger partial charge in [-0.1, -0.05) is 12.1 Å². The summed E-state index contributed by atoms with van der Waals surface area (Å²) in [5, 5.41) is 14.5. The second kappa shape index (κ2) is 5.33. The number of nitrogens with zero attached hydrogens (tertiary/aromatic N) is 2. The molecule has 1 aliphatic rings. The molecule has 1 aliphatic heterocycles. The first-order valence-electron chi connectivity index (χ1n) is 7.30. The van der Waals surface area contributed by atoms with Gasteiger partial charge in [0.15, 0.2) is 0 Å². The monoisotopic (exact) mass is 297 g/mol. The lowest BCUT2D eigenvalue weighted by atomic mass is 10.1. The molecule has 3 rings (SSSR count). The summed E-state index contributed by atoms with van der Waals surface area (Å²) in [5.74, 6) is -0.00407. The molecule has 2 aromatic rings. The zero-order valence-corrected chi connectivity index (χ0v) is 12.9. The van der Waals surface area contributed by atoms with Gasteiger partial charge < -0.3 is 15.0 Å². The van der Waals surface area contributed by atoms with Gasteiger partial charge in [-0.2, -0.15) is 0 Å². The summed E-state index contributed by atoms with van der Waals surface area (Å²) in [6.45, 7) is 4.61. The van der Waals surface area contributed by atoms with Gasteiger partial charge in [-0.05, 0) is 32.1 Å². The number of aliphatic imine (C=N–C) groups is 1. The Bertz CT molecular complexity index is 862. The molecule has 0 saturated carbocycles. The molecular formula is C17H19N3O2. The van der Waals surface area contributed by atoms with E-state index in [2.05, 4.69) is 10.3 Å². The Hall–Kier alpha value is -2.56. The van der Waals surface area contributed by atoms with Gasteiger partial charge in [0.1, 0.15) is 11.3 Å². The van der Waals surface area contributed by atoms with Gasteiger partial charge in [0, 0.05) is 24.7 Å². The van der Waals surface area contributed by atoms with Gasteiger partial charge in [0.25, 0.3) is 5.56 Å². The summed E-state index contributed by atoms with van der Waals surface area (Å²) in [6.07, 6.45) is 1.81. The maximum atomic E-state index is 12.7. The Balaban J connectivity index is 2.36. The Kier molecular flexibility index (Phi) is 3.48. The summed E-state index contributed by atoms with van der Waals surface area (Å²) in [6, 6.07) is 7.35. The minimum Gasteiger partial charge on any atom is -0.506 e. The summed E-state index contributed by atoms with van der Waals surface area (Å²) in [5.41, 5.74) is 2.18. The Morgan fingerprint density at radius 1 is 1.36 bits per heavy atom. The zero-order valence-electron chi connectivity index (χ0n) is 12.9. The highest BCUT2D eigenvalue weighted by Gasteiger charge is 2.20. The number of pyridine rings is 1. The van der Waals surface area contributed by atoms with Crippen LogP contribution >= 0.6 is 0 Å². The fourth-order valence-electron chi connectivity index (χ4n) is 2.73. The number of hydrogen-bond acceptors (Lipinski definition) is 4. The smallest absolute Gasteiger partial charge is 0.264 e. The quantitative estimate of drug-likeness (QED) is 0.845. The molecule has 1 atom stereocenters. The zero-order chi connectivity index (χ0) is 15.9. The highest BCUT2D eigenvalue weighted by molar-refractivity contribution is 6.13. The summed E-state index contributed by atoms with van der Waals surface area (Å²) in [4.78, 5) is 17.3. The van der Waals surface area contributed by atoms with Crippen molar-refractivity contribution in [2.24, 2.45) is 12.0 Å². The SMILES string of the molecule is CC1=CC(c2c(O)c3ccccc3n(C)c2=O)=N[C@@H](C)CN1. The van der Waals surface area contributed by atoms with E-state index in [1.165, 1.54) is 0 Å². The molecule has 0 bridgehead atoms. The number of nitrogens with one attached hydrogen (secondary N) is 1. The van der Waals surface area contributed by atoms with E-state index >= 15 is 0 Å². The van der Waals surface area contributed by atoms with Gasteiger partial charge in [0.05, 0.1) is 17.3 Å². The van der Waals surface area contributed by atoms with Crippen molar-refractivity contribution < 1.29 is 5.11 Å². The van der Waals surface area contributed by atoms with E-state index in [0.717, 1.165) is 5.70 Å². The van der Waals surface area contributed by atoms with Gasteiger partial charge in [-0.15, -0.1) is 0 Å². The van der Waals surface area contributed by atoms with E-state index < -0.39 is 0 Å². The molecule has 5 nitrogen and oxygen atoms in total. The number of aromatic hydroxyl groups is 1. The average molecular weight is 297 g/mol. The first-order valence-corrected chi connectivity index (χ1v) is 7.30. The van der Waals surface area contributed by atoms with E-state index in [1.807, 2.05) is 44.2 Å². The Morgan fingerprint density at radius 3 is 2.86 bits per heavy atom. The molecule has 0 fully saturated rings. The lowest BCUT2D eigenvalue weighted by Gasteiger charge is -2.12. The van der Waals surface area contributed by atoms with Crippen LogP contribution in [0, 0.1) is 0 Å². The second-order valence-electron chi connectivity index (χ2n) is 5.68. The first-order chi connectivity index (χ1) is 10.5. The highest BCUT2D eigenvalue weighted by atomic mass is 16.3. The van der Waals surface area contributed by atoms with Crippen LogP contribution in [0.5, 0.6) is 5.75 Å². The number of fused-ring (bicyclic) bond motifs is 1. The molecule has 0 saturated heterocycles. The largest absolute Gasteiger partial charge is 0.506 e. The molecule has 0 aliphatic carbocycles. The predicted octanol–water partition coefficient (Wildman–Crippen LogP) is 1.93. The van der Waals surface area contributed by atoms with Crippen molar-refractivity contribution in [3.05, 3.63) is 52.0 Å². The first kappa shape index (κ1) is 14.4. The Labute approximate surface area is 128 Å². The number of aromatic nitrogens is 1. The standard InChI is InChI=1S/C17H19N3O2/c1-10-8-13(19-11(2)9-18-10)15-16(21)12-6-4-5-7-14(12)20(3)17(15)22/h4-8,11,18,21H,9H2,1-3H3/t11-/m0/s1. The van der Waals surface area contributed by atoms with Crippen LogP contribution in [-0.4, -0.2) is 28.0 Å². The van der Waals surface area contributed by atoms with E-state index in [9.17, 15) is 9.90 Å². The van der Waals surface area contributed by atoms with Crippen LogP contribution in [-0.2, 0) is 7.05 Å². The fraction of sp³-hybridized carbons (Fsp3) is 0.294. The molecule has 1 aromatic heterocycles. The second-order valence-corrected chi connectivity index (χ2v) is 5.68. The predicted molar refractivity (Wildman–Crippen MR) is 88.6 cm³/mol. The van der Waals surface area contributed by atoms with Crippen molar-refractivity contribution in [3.8, 4) is 5.75 Å². The molecule has 2 heterocycles. The van der Waals surface area contributed by atoms with Crippen molar-refractivity contribution in [1.82, 2.24) is 9.88 Å². The molecule has 0 spiro atoms. The van der Waals surface area contributed by atoms with Crippen LogP contribution in [0.4, 0.5) is 0 Å². The molecular weight excluding hydrogens is 278 g/mol. The third-order valence-corrected chi connectivity index (χ3v) is 3.92. The molecule has 1 aromatic carbocycles. The number of aryl methyl sites for hydroxylation is 1. The number of hydrogen-bond donors (Lipinski definition) is 2. The molecule has 0 unspecified atom stereocenters.